The molecule has 11 heavy (non-hydrogen) atoms. The Balaban J connectivity index is 2.32. The normalized spacial score (nSPS) is 33.2. The minimum absolute atomic E-state index is 0.950. The molecule has 0 radical (unpaired) electrons. The zero-order valence-electron chi connectivity index (χ0n) is 8.14. The van der Waals surface area contributed by atoms with Crippen LogP contribution >= 0.6 is 0 Å². The molecule has 1 fully saturated rings. The Morgan fingerprint density at radius 1 is 1.45 bits per heavy atom. The Labute approximate surface area is 105 Å². The molecule has 1 aliphatic rings. The molecule has 1 heterocycles. The fourth-order valence-electron chi connectivity index (χ4n) is 2.16. The third-order valence-corrected chi connectivity index (χ3v) is 4.71. The monoisotopic (exact) mass is 171 g/mol. The van der Waals surface area contributed by atoms with Crippen molar-refractivity contribution >= 4 is 55.9 Å². The molecule has 0 aromatic heterocycles. The quantitative estimate of drug-likeness (QED) is 0.569. The molecule has 1 saturated heterocycles. The first-order valence-corrected chi connectivity index (χ1v) is 7.81. The van der Waals surface area contributed by atoms with E-state index in [0.29, 0.717) is 0 Å². The van der Waals surface area contributed by atoms with Crippen molar-refractivity contribution in [3.8, 4) is 0 Å². The van der Waals surface area contributed by atoms with Gasteiger partial charge in [-0.25, -0.2) is 0 Å². The second-order valence-electron chi connectivity index (χ2n) is 3.89. The van der Waals surface area contributed by atoms with Crippen molar-refractivity contribution < 1.29 is 0 Å². The first-order valence-electron chi connectivity index (χ1n) is 4.98. The molecule has 0 aromatic rings. The molecule has 0 aliphatic carbocycles. The van der Waals surface area contributed by atoms with E-state index in [1.165, 1.54) is 82.6 Å². The zero-order valence-corrected chi connectivity index (χ0v) is 12.1. The van der Waals surface area contributed by atoms with Gasteiger partial charge in [0.25, 0.3) is 0 Å². The molecule has 0 aromatic carbocycles. The van der Waals surface area contributed by atoms with Crippen LogP contribution in [0.5, 0.6) is 0 Å². The van der Waals surface area contributed by atoms with Crippen molar-refractivity contribution in [3.05, 3.63) is 0 Å². The number of rotatable bonds is 3. The summed E-state index contributed by atoms with van der Waals surface area (Å²) < 4.78 is 3.00. The van der Waals surface area contributed by atoms with Crippen LogP contribution in [0.3, 0.4) is 0 Å². The van der Waals surface area contributed by atoms with Gasteiger partial charge in [0.15, 0.2) is 0 Å². The summed E-state index contributed by atoms with van der Waals surface area (Å²) in [6.07, 6.45) is 2.98. The van der Waals surface area contributed by atoms with Crippen LogP contribution in [0.4, 0.5) is 0 Å². The molecule has 0 spiro atoms. The van der Waals surface area contributed by atoms with Gasteiger partial charge in [-0.15, -0.1) is 0 Å². The standard InChI is InChI=1S/C8H15N.2Na/c1-4-8-5-7(2)6-9(8)3;;/h7-8H,1-2,4-6H2,3H3;;. The van der Waals surface area contributed by atoms with Gasteiger partial charge in [-0.3, -0.25) is 0 Å². The average Bonchev–Trinajstić information content (AvgIpc) is 2.33. The molecular weight excluding hydrogens is 156 g/mol. The van der Waals surface area contributed by atoms with Crippen LogP contribution in [0.15, 0.2) is 0 Å². The van der Waals surface area contributed by atoms with Gasteiger partial charge in [0, 0.05) is 0 Å². The summed E-state index contributed by atoms with van der Waals surface area (Å²) >= 11 is 2.79. The molecule has 0 bridgehead atoms. The topological polar surface area (TPSA) is 3.24 Å². The number of likely N-dealkylation sites (tertiary alicyclic amines) is 1. The van der Waals surface area contributed by atoms with Crippen molar-refractivity contribution in [3.63, 3.8) is 0 Å². The van der Waals surface area contributed by atoms with Crippen LogP contribution in [-0.4, -0.2) is 80.4 Å². The minimum atomic E-state index is 0.950. The third kappa shape index (κ3) is 3.30. The van der Waals surface area contributed by atoms with Gasteiger partial charge >= 0.3 is 106 Å². The fraction of sp³-hybridized carbons (Fsp3) is 1.00. The van der Waals surface area contributed by atoms with Crippen molar-refractivity contribution in [2.75, 3.05) is 13.6 Å². The Bertz CT molecular complexity index is 119. The van der Waals surface area contributed by atoms with E-state index < -0.39 is 0 Å². The van der Waals surface area contributed by atoms with E-state index in [-0.39, 0.29) is 0 Å². The van der Waals surface area contributed by atoms with E-state index in [1.54, 1.807) is 0 Å². The van der Waals surface area contributed by atoms with Gasteiger partial charge < -0.3 is 0 Å². The van der Waals surface area contributed by atoms with Crippen LogP contribution in [0.1, 0.15) is 12.8 Å². The molecular formula is C8H15NNa2. The van der Waals surface area contributed by atoms with E-state index in [1.807, 2.05) is 0 Å². The first-order chi connectivity index (χ1) is 5.27. The summed E-state index contributed by atoms with van der Waals surface area (Å²) in [7, 11) is 2.30. The van der Waals surface area contributed by atoms with Gasteiger partial charge in [0.2, 0.25) is 0 Å². The molecule has 1 nitrogen and oxygen atoms in total. The van der Waals surface area contributed by atoms with E-state index in [9.17, 15) is 0 Å². The molecule has 54 valence electrons. The summed E-state index contributed by atoms with van der Waals surface area (Å²) in [4.78, 5) is 2.58. The molecule has 1 aliphatic heterocycles. The summed E-state index contributed by atoms with van der Waals surface area (Å²) in [6.45, 7) is 1.38. The van der Waals surface area contributed by atoms with Gasteiger partial charge in [0.1, 0.15) is 0 Å². The SMILES string of the molecule is CN1CC([CH2][Na])CC1C[CH2][Na]. The van der Waals surface area contributed by atoms with Crippen molar-refractivity contribution in [2.24, 2.45) is 5.92 Å². The zero-order chi connectivity index (χ0) is 8.27. The van der Waals surface area contributed by atoms with Crippen LogP contribution in [-0.2, 0) is 0 Å². The molecule has 0 saturated carbocycles. The van der Waals surface area contributed by atoms with E-state index in [2.05, 4.69) is 11.9 Å². The molecule has 1 rings (SSSR count). The average molecular weight is 171 g/mol. The fourth-order valence-corrected chi connectivity index (χ4v) is 3.42. The Morgan fingerprint density at radius 2 is 2.18 bits per heavy atom. The molecule has 3 heteroatoms. The van der Waals surface area contributed by atoms with Crippen molar-refractivity contribution in [1.82, 2.24) is 4.90 Å². The van der Waals surface area contributed by atoms with Crippen molar-refractivity contribution in [2.45, 2.75) is 26.2 Å². The summed E-state index contributed by atoms with van der Waals surface area (Å²) in [6, 6.07) is 0.950. The summed E-state index contributed by atoms with van der Waals surface area (Å²) in [5, 5.41) is 0. The van der Waals surface area contributed by atoms with Crippen molar-refractivity contribution in [1.29, 1.82) is 0 Å². The predicted octanol–water partition coefficient (Wildman–Crippen LogP) is 0.870. The van der Waals surface area contributed by atoms with E-state index >= 15 is 0 Å². The number of nitrogens with zero attached hydrogens (tertiary/aromatic N) is 1. The van der Waals surface area contributed by atoms with Crippen LogP contribution in [0.2, 0.25) is 7.34 Å². The van der Waals surface area contributed by atoms with Crippen LogP contribution in [0, 0.1) is 5.92 Å². The summed E-state index contributed by atoms with van der Waals surface area (Å²) in [5.41, 5.74) is 0. The van der Waals surface area contributed by atoms with Gasteiger partial charge in [0.05, 0.1) is 0 Å². The first kappa shape index (κ1) is 11.0. The van der Waals surface area contributed by atoms with Crippen LogP contribution in [0.25, 0.3) is 0 Å². The molecule has 0 N–H and O–H groups in total. The third-order valence-electron chi connectivity index (χ3n) is 2.97. The molecule has 2 atom stereocenters. The maximum atomic E-state index is 2.58. The second-order valence-corrected chi connectivity index (χ2v) is 5.71. The Morgan fingerprint density at radius 3 is 2.64 bits per heavy atom. The predicted molar refractivity (Wildman–Crippen MR) is 50.3 cm³/mol. The Kier molecular flexibility index (Phi) is 5.66. The van der Waals surface area contributed by atoms with Crippen LogP contribution < -0.4 is 0 Å². The number of hydrogen-bond acceptors (Lipinski definition) is 1. The van der Waals surface area contributed by atoms with Gasteiger partial charge in [-0.05, 0) is 0 Å². The van der Waals surface area contributed by atoms with Gasteiger partial charge in [-0.2, -0.15) is 0 Å². The second kappa shape index (κ2) is 5.64. The van der Waals surface area contributed by atoms with E-state index in [4.69, 9.17) is 0 Å². The van der Waals surface area contributed by atoms with Gasteiger partial charge in [-0.1, -0.05) is 0 Å². The molecule has 0 amide bonds. The number of hydrogen-bond donors (Lipinski definition) is 0. The Hall–Kier alpha value is 1.96. The molecule has 2 unspecified atom stereocenters. The summed E-state index contributed by atoms with van der Waals surface area (Å²) in [5.74, 6) is 1.06. The maximum absolute atomic E-state index is 2.58. The van der Waals surface area contributed by atoms with E-state index in [0.717, 1.165) is 12.0 Å².